The van der Waals surface area contributed by atoms with Crippen molar-refractivity contribution in [2.75, 3.05) is 6.67 Å². The zero-order chi connectivity index (χ0) is 8.54. The van der Waals surface area contributed by atoms with Gasteiger partial charge in [-0.25, -0.2) is 0 Å². The Morgan fingerprint density at radius 3 is 1.64 bits per heavy atom. The second-order valence-corrected chi connectivity index (χ2v) is 3.90. The molecule has 0 aromatic rings. The molecule has 0 aliphatic carbocycles. The van der Waals surface area contributed by atoms with E-state index in [1.54, 1.807) is 0 Å². The highest BCUT2D eigenvalue weighted by atomic mass is 15.3. The van der Waals surface area contributed by atoms with E-state index >= 15 is 0 Å². The molecule has 2 heteroatoms. The molecule has 0 radical (unpaired) electrons. The lowest BCUT2D eigenvalue weighted by Gasteiger charge is -2.39. The highest BCUT2D eigenvalue weighted by Crippen LogP contribution is 2.31. The van der Waals surface area contributed by atoms with Crippen LogP contribution in [0.2, 0.25) is 0 Å². The molecule has 66 valence electrons. The molecule has 0 amide bonds. The maximum absolute atomic E-state index is 3.51. The fourth-order valence-electron chi connectivity index (χ4n) is 1.85. The molecule has 11 heavy (non-hydrogen) atoms. The van der Waals surface area contributed by atoms with E-state index in [1.165, 1.54) is 12.8 Å². The van der Waals surface area contributed by atoms with E-state index in [0.717, 1.165) is 6.67 Å². The highest BCUT2D eigenvalue weighted by Gasteiger charge is 2.45. The van der Waals surface area contributed by atoms with Gasteiger partial charge in [-0.15, -0.1) is 0 Å². The van der Waals surface area contributed by atoms with Crippen molar-refractivity contribution in [3.8, 4) is 0 Å². The minimum Gasteiger partial charge on any atom is -0.297 e. The van der Waals surface area contributed by atoms with Gasteiger partial charge in [-0.05, 0) is 26.7 Å². The third-order valence-electron chi connectivity index (χ3n) is 3.59. The van der Waals surface area contributed by atoms with Crippen molar-refractivity contribution in [1.82, 2.24) is 10.6 Å². The van der Waals surface area contributed by atoms with Crippen LogP contribution in [0.15, 0.2) is 0 Å². The van der Waals surface area contributed by atoms with Crippen LogP contribution < -0.4 is 10.6 Å². The van der Waals surface area contributed by atoms with Crippen LogP contribution in [-0.2, 0) is 0 Å². The van der Waals surface area contributed by atoms with E-state index in [9.17, 15) is 0 Å². The summed E-state index contributed by atoms with van der Waals surface area (Å²) in [7, 11) is 0. The zero-order valence-electron chi connectivity index (χ0n) is 8.12. The topological polar surface area (TPSA) is 24.1 Å². The van der Waals surface area contributed by atoms with Crippen LogP contribution in [0.5, 0.6) is 0 Å². The normalized spacial score (nSPS) is 44.7. The number of hydrogen-bond donors (Lipinski definition) is 2. The SMILES string of the molecule is CC[C@]1(C)NCN[C@@]1(C)CC. The van der Waals surface area contributed by atoms with Crippen LogP contribution in [0, 0.1) is 0 Å². The molecule has 0 aromatic carbocycles. The molecular weight excluding hydrogens is 136 g/mol. The summed E-state index contributed by atoms with van der Waals surface area (Å²) in [5.41, 5.74) is 0.559. The van der Waals surface area contributed by atoms with Gasteiger partial charge in [0.25, 0.3) is 0 Å². The van der Waals surface area contributed by atoms with E-state index in [0.29, 0.717) is 0 Å². The number of nitrogens with one attached hydrogen (secondary N) is 2. The molecule has 1 saturated heterocycles. The number of rotatable bonds is 2. The first-order chi connectivity index (χ1) is 5.08. The van der Waals surface area contributed by atoms with Gasteiger partial charge in [-0.1, -0.05) is 13.8 Å². The van der Waals surface area contributed by atoms with E-state index in [2.05, 4.69) is 38.3 Å². The second kappa shape index (κ2) is 2.76. The van der Waals surface area contributed by atoms with Gasteiger partial charge < -0.3 is 0 Å². The first-order valence-electron chi connectivity index (χ1n) is 4.58. The maximum atomic E-state index is 3.51. The van der Waals surface area contributed by atoms with Crippen molar-refractivity contribution in [2.24, 2.45) is 0 Å². The molecular formula is C9H20N2. The average molecular weight is 156 g/mol. The van der Waals surface area contributed by atoms with Crippen LogP contribution in [0.1, 0.15) is 40.5 Å². The van der Waals surface area contributed by atoms with Crippen molar-refractivity contribution in [3.05, 3.63) is 0 Å². The molecule has 2 nitrogen and oxygen atoms in total. The first-order valence-corrected chi connectivity index (χ1v) is 4.58. The molecule has 0 spiro atoms. The Labute approximate surface area is 69.8 Å². The molecule has 1 rings (SSSR count). The van der Waals surface area contributed by atoms with Gasteiger partial charge in [0.1, 0.15) is 0 Å². The third kappa shape index (κ3) is 1.18. The molecule has 1 fully saturated rings. The van der Waals surface area contributed by atoms with Crippen molar-refractivity contribution in [3.63, 3.8) is 0 Å². The van der Waals surface area contributed by atoms with Gasteiger partial charge in [0.2, 0.25) is 0 Å². The van der Waals surface area contributed by atoms with Gasteiger partial charge in [-0.2, -0.15) is 0 Å². The summed E-state index contributed by atoms with van der Waals surface area (Å²) < 4.78 is 0. The van der Waals surface area contributed by atoms with Crippen LogP contribution in [0.25, 0.3) is 0 Å². The lowest BCUT2D eigenvalue weighted by molar-refractivity contribution is 0.232. The summed E-state index contributed by atoms with van der Waals surface area (Å²) in [6.07, 6.45) is 2.37. The Hall–Kier alpha value is -0.0800. The maximum Gasteiger partial charge on any atom is 0.0464 e. The van der Waals surface area contributed by atoms with Crippen LogP contribution in [0.3, 0.4) is 0 Å². The summed E-state index contributed by atoms with van der Waals surface area (Å²) >= 11 is 0. The Morgan fingerprint density at radius 1 is 1.00 bits per heavy atom. The van der Waals surface area contributed by atoms with Crippen molar-refractivity contribution in [1.29, 1.82) is 0 Å². The predicted molar refractivity (Wildman–Crippen MR) is 48.5 cm³/mol. The molecule has 1 aliphatic rings. The predicted octanol–water partition coefficient (Wildman–Crippen LogP) is 1.47. The molecule has 2 N–H and O–H groups in total. The number of hydrogen-bond acceptors (Lipinski definition) is 2. The Morgan fingerprint density at radius 2 is 1.36 bits per heavy atom. The molecule has 1 aliphatic heterocycles. The highest BCUT2D eigenvalue weighted by molar-refractivity contribution is 5.08. The minimum absolute atomic E-state index is 0.280. The fraction of sp³-hybridized carbons (Fsp3) is 1.00. The van der Waals surface area contributed by atoms with Crippen molar-refractivity contribution >= 4 is 0 Å². The average Bonchev–Trinajstić information content (AvgIpc) is 2.31. The monoisotopic (exact) mass is 156 g/mol. The lowest BCUT2D eigenvalue weighted by atomic mass is 9.77. The molecule has 0 bridgehead atoms. The fourth-order valence-corrected chi connectivity index (χ4v) is 1.85. The van der Waals surface area contributed by atoms with Gasteiger partial charge in [0.05, 0.1) is 0 Å². The third-order valence-corrected chi connectivity index (χ3v) is 3.59. The summed E-state index contributed by atoms with van der Waals surface area (Å²) in [6, 6.07) is 0. The summed E-state index contributed by atoms with van der Waals surface area (Å²) in [5.74, 6) is 0. The van der Waals surface area contributed by atoms with E-state index in [-0.39, 0.29) is 11.1 Å². The van der Waals surface area contributed by atoms with Gasteiger partial charge in [0.15, 0.2) is 0 Å². The molecule has 0 aromatic heterocycles. The lowest BCUT2D eigenvalue weighted by Crippen LogP contribution is -2.55. The standard InChI is InChI=1S/C9H20N2/c1-5-8(3)9(4,6-2)11-7-10-8/h10-11H,5-7H2,1-4H3/t8-,9-/m0/s1. The Kier molecular flexibility index (Phi) is 2.26. The van der Waals surface area contributed by atoms with E-state index in [4.69, 9.17) is 0 Å². The van der Waals surface area contributed by atoms with Gasteiger partial charge in [-0.3, -0.25) is 10.6 Å². The van der Waals surface area contributed by atoms with E-state index < -0.39 is 0 Å². The second-order valence-electron chi connectivity index (χ2n) is 3.90. The summed E-state index contributed by atoms with van der Waals surface area (Å²) in [5, 5.41) is 7.03. The van der Waals surface area contributed by atoms with Crippen LogP contribution >= 0.6 is 0 Å². The Balaban J connectivity index is 2.79. The minimum atomic E-state index is 0.280. The summed E-state index contributed by atoms with van der Waals surface area (Å²) in [4.78, 5) is 0. The summed E-state index contributed by atoms with van der Waals surface area (Å²) in [6.45, 7) is 10.0. The van der Waals surface area contributed by atoms with E-state index in [1.807, 2.05) is 0 Å². The first kappa shape index (κ1) is 9.01. The van der Waals surface area contributed by atoms with Crippen LogP contribution in [-0.4, -0.2) is 17.7 Å². The van der Waals surface area contributed by atoms with Crippen molar-refractivity contribution in [2.45, 2.75) is 51.6 Å². The largest absolute Gasteiger partial charge is 0.297 e. The zero-order valence-corrected chi connectivity index (χ0v) is 8.12. The van der Waals surface area contributed by atoms with Gasteiger partial charge in [0, 0.05) is 17.7 Å². The molecule has 0 saturated carbocycles. The van der Waals surface area contributed by atoms with Crippen molar-refractivity contribution < 1.29 is 0 Å². The molecule has 0 unspecified atom stereocenters. The quantitative estimate of drug-likeness (QED) is 0.632. The molecule has 1 heterocycles. The smallest absolute Gasteiger partial charge is 0.0464 e. The Bertz CT molecular complexity index is 130. The van der Waals surface area contributed by atoms with Crippen LogP contribution in [0.4, 0.5) is 0 Å². The molecule has 2 atom stereocenters. The van der Waals surface area contributed by atoms with Gasteiger partial charge >= 0.3 is 0 Å².